The minimum Gasteiger partial charge on any atom is -0.466 e. The van der Waals surface area contributed by atoms with Crippen LogP contribution in [0.3, 0.4) is 0 Å². The Labute approximate surface area is 117 Å². The van der Waals surface area contributed by atoms with Gasteiger partial charge in [0.25, 0.3) is 0 Å². The molecule has 0 amide bonds. The van der Waals surface area contributed by atoms with Gasteiger partial charge in [-0.2, -0.15) is 0 Å². The van der Waals surface area contributed by atoms with Gasteiger partial charge in [0.2, 0.25) is 0 Å². The molecule has 1 aliphatic rings. The Balaban J connectivity index is 2.59. The molecule has 0 unspecified atom stereocenters. The highest BCUT2D eigenvalue weighted by molar-refractivity contribution is 5.79. The largest absolute Gasteiger partial charge is 0.466 e. The molecule has 0 aromatic heterocycles. The van der Waals surface area contributed by atoms with Gasteiger partial charge in [-0.3, -0.25) is 4.79 Å². The maximum absolute atomic E-state index is 12.0. The van der Waals surface area contributed by atoms with Gasteiger partial charge in [-0.1, -0.05) is 38.7 Å². The lowest BCUT2D eigenvalue weighted by molar-refractivity contribution is -0.146. The first-order chi connectivity index (χ1) is 9.17. The van der Waals surface area contributed by atoms with E-state index in [-0.39, 0.29) is 17.8 Å². The summed E-state index contributed by atoms with van der Waals surface area (Å²) in [4.78, 5) is 12.0. The number of unbranched alkanes of at least 4 members (excludes halogenated alkanes) is 3. The molecule has 1 aliphatic carbocycles. The van der Waals surface area contributed by atoms with Crippen LogP contribution in [0.15, 0.2) is 12.7 Å². The molecule has 0 radical (unpaired) electrons. The topological polar surface area (TPSA) is 35.5 Å². The van der Waals surface area contributed by atoms with E-state index < -0.39 is 5.60 Å². The molecule has 1 rings (SSSR count). The van der Waals surface area contributed by atoms with Crippen molar-refractivity contribution < 1.29 is 14.3 Å². The van der Waals surface area contributed by atoms with E-state index in [1.165, 1.54) is 19.3 Å². The van der Waals surface area contributed by atoms with Gasteiger partial charge in [0.05, 0.1) is 12.5 Å². The number of hydrogen-bond donors (Lipinski definition) is 0. The molecule has 0 bridgehead atoms. The Kier molecular flexibility index (Phi) is 6.56. The minimum absolute atomic E-state index is 0.128. The number of carbonyl (C=O) groups excluding carboxylic acids is 1. The van der Waals surface area contributed by atoms with E-state index in [1.807, 2.05) is 19.9 Å². The second-order valence-electron chi connectivity index (χ2n) is 5.18. The molecule has 3 nitrogen and oxygen atoms in total. The van der Waals surface area contributed by atoms with Crippen LogP contribution in [-0.4, -0.2) is 24.8 Å². The molecule has 0 saturated heterocycles. The quantitative estimate of drug-likeness (QED) is 0.344. The molecule has 0 aliphatic heterocycles. The fraction of sp³-hybridized carbons (Fsp3) is 0.812. The summed E-state index contributed by atoms with van der Waals surface area (Å²) in [5.74, 6) is -0.0243. The van der Waals surface area contributed by atoms with Crippen molar-refractivity contribution in [1.29, 1.82) is 0 Å². The predicted molar refractivity (Wildman–Crippen MR) is 76.9 cm³/mol. The van der Waals surface area contributed by atoms with E-state index in [0.717, 1.165) is 12.8 Å². The van der Waals surface area contributed by atoms with E-state index in [4.69, 9.17) is 9.47 Å². The average Bonchev–Trinajstić information content (AvgIpc) is 3.03. The average molecular weight is 268 g/mol. The van der Waals surface area contributed by atoms with Crippen molar-refractivity contribution in [2.75, 3.05) is 13.2 Å². The minimum atomic E-state index is -0.465. The van der Waals surface area contributed by atoms with Crippen LogP contribution in [0.4, 0.5) is 0 Å². The number of carbonyl (C=O) groups is 1. The number of esters is 1. The Bertz CT molecular complexity index is 300. The second kappa shape index (κ2) is 7.68. The lowest BCUT2D eigenvalue weighted by Gasteiger charge is -2.13. The molecule has 0 N–H and O–H groups in total. The van der Waals surface area contributed by atoms with E-state index in [2.05, 4.69) is 13.5 Å². The van der Waals surface area contributed by atoms with Gasteiger partial charge in [-0.25, -0.2) is 0 Å². The molecule has 0 spiro atoms. The first-order valence-electron chi connectivity index (χ1n) is 7.62. The third-order valence-corrected chi connectivity index (χ3v) is 3.98. The van der Waals surface area contributed by atoms with Gasteiger partial charge in [0.15, 0.2) is 0 Å². The SMILES string of the molecule is C=C[C@@]1(OCC)[C@H](CCCCCC)[C@H]1C(=O)OCC. The summed E-state index contributed by atoms with van der Waals surface area (Å²) >= 11 is 0. The number of hydrogen-bond acceptors (Lipinski definition) is 3. The molecule has 110 valence electrons. The summed E-state index contributed by atoms with van der Waals surface area (Å²) in [6.07, 6.45) is 7.69. The van der Waals surface area contributed by atoms with E-state index in [9.17, 15) is 4.79 Å². The summed E-state index contributed by atoms with van der Waals surface area (Å²) < 4.78 is 11.0. The molecule has 0 aromatic carbocycles. The van der Waals surface area contributed by atoms with Crippen molar-refractivity contribution in [2.45, 2.75) is 58.5 Å². The summed E-state index contributed by atoms with van der Waals surface area (Å²) in [5, 5.41) is 0. The lowest BCUT2D eigenvalue weighted by Crippen LogP contribution is -2.20. The maximum Gasteiger partial charge on any atom is 0.312 e. The summed E-state index contributed by atoms with van der Waals surface area (Å²) in [7, 11) is 0. The van der Waals surface area contributed by atoms with Gasteiger partial charge in [0, 0.05) is 12.5 Å². The van der Waals surface area contributed by atoms with Gasteiger partial charge in [-0.05, 0) is 20.3 Å². The monoisotopic (exact) mass is 268 g/mol. The highest BCUT2D eigenvalue weighted by atomic mass is 16.5. The number of ether oxygens (including phenoxy) is 2. The van der Waals surface area contributed by atoms with Crippen molar-refractivity contribution in [2.24, 2.45) is 11.8 Å². The fourth-order valence-electron chi connectivity index (χ4n) is 3.00. The van der Waals surface area contributed by atoms with Gasteiger partial charge < -0.3 is 9.47 Å². The Morgan fingerprint density at radius 2 is 1.95 bits per heavy atom. The lowest BCUT2D eigenvalue weighted by atomic mass is 10.1. The van der Waals surface area contributed by atoms with Crippen molar-refractivity contribution in [3.05, 3.63) is 12.7 Å². The molecule has 3 atom stereocenters. The zero-order chi connectivity index (χ0) is 14.3. The van der Waals surface area contributed by atoms with Crippen LogP contribution in [0.5, 0.6) is 0 Å². The normalized spacial score (nSPS) is 29.0. The first kappa shape index (κ1) is 16.2. The predicted octanol–water partition coefficient (Wildman–Crippen LogP) is 3.73. The molecular formula is C16H28O3. The third-order valence-electron chi connectivity index (χ3n) is 3.98. The van der Waals surface area contributed by atoms with Gasteiger partial charge in [0.1, 0.15) is 5.60 Å². The Morgan fingerprint density at radius 1 is 1.21 bits per heavy atom. The molecule has 0 aromatic rings. The van der Waals surface area contributed by atoms with Crippen LogP contribution in [0.1, 0.15) is 52.9 Å². The van der Waals surface area contributed by atoms with Crippen LogP contribution >= 0.6 is 0 Å². The molecular weight excluding hydrogens is 240 g/mol. The van der Waals surface area contributed by atoms with Crippen LogP contribution < -0.4 is 0 Å². The Hall–Kier alpha value is -0.830. The van der Waals surface area contributed by atoms with Gasteiger partial charge in [-0.15, -0.1) is 6.58 Å². The van der Waals surface area contributed by atoms with Crippen LogP contribution in [-0.2, 0) is 14.3 Å². The zero-order valence-corrected chi connectivity index (χ0v) is 12.6. The van der Waals surface area contributed by atoms with Crippen LogP contribution in [0, 0.1) is 11.8 Å². The van der Waals surface area contributed by atoms with Crippen LogP contribution in [0.25, 0.3) is 0 Å². The van der Waals surface area contributed by atoms with Crippen molar-refractivity contribution >= 4 is 5.97 Å². The fourth-order valence-corrected chi connectivity index (χ4v) is 3.00. The maximum atomic E-state index is 12.0. The smallest absolute Gasteiger partial charge is 0.312 e. The van der Waals surface area contributed by atoms with Gasteiger partial charge >= 0.3 is 5.97 Å². The molecule has 19 heavy (non-hydrogen) atoms. The molecule has 3 heteroatoms. The summed E-state index contributed by atoms with van der Waals surface area (Å²) in [6.45, 7) is 10.9. The summed E-state index contributed by atoms with van der Waals surface area (Å²) in [5.41, 5.74) is -0.465. The standard InChI is InChI=1S/C16H28O3/c1-5-9-10-11-12-13-14(15(17)18-7-3)16(13,6-2)19-8-4/h6,13-14H,2,5,7-12H2,1,3-4H3/t13-,14+,16-/m1/s1. The zero-order valence-electron chi connectivity index (χ0n) is 12.6. The van der Waals surface area contributed by atoms with E-state index in [1.54, 1.807) is 0 Å². The third kappa shape index (κ3) is 3.59. The van der Waals surface area contributed by atoms with Crippen molar-refractivity contribution in [1.82, 2.24) is 0 Å². The van der Waals surface area contributed by atoms with Crippen molar-refractivity contribution in [3.63, 3.8) is 0 Å². The highest BCUT2D eigenvalue weighted by Crippen LogP contribution is 2.57. The van der Waals surface area contributed by atoms with E-state index in [0.29, 0.717) is 13.2 Å². The molecule has 0 heterocycles. The highest BCUT2D eigenvalue weighted by Gasteiger charge is 2.67. The Morgan fingerprint density at radius 3 is 2.47 bits per heavy atom. The van der Waals surface area contributed by atoms with E-state index >= 15 is 0 Å². The summed E-state index contributed by atoms with van der Waals surface area (Å²) in [6, 6.07) is 0. The first-order valence-corrected chi connectivity index (χ1v) is 7.62. The molecule has 1 saturated carbocycles. The van der Waals surface area contributed by atoms with Crippen molar-refractivity contribution in [3.8, 4) is 0 Å². The van der Waals surface area contributed by atoms with Crippen LogP contribution in [0.2, 0.25) is 0 Å². The molecule has 1 fully saturated rings. The number of rotatable bonds is 10. The second-order valence-corrected chi connectivity index (χ2v) is 5.18.